The number of hydrogen-bond donors (Lipinski definition) is 2. The van der Waals surface area contributed by atoms with Crippen molar-refractivity contribution in [2.24, 2.45) is 4.99 Å². The van der Waals surface area contributed by atoms with E-state index in [2.05, 4.69) is 24.2 Å². The Morgan fingerprint density at radius 2 is 2.03 bits per heavy atom. The van der Waals surface area contributed by atoms with Gasteiger partial charge in [-0.05, 0) is 30.7 Å². The van der Waals surface area contributed by atoms with Crippen LogP contribution < -0.4 is 10.1 Å². The number of ether oxygens (including phenoxy) is 1. The van der Waals surface area contributed by atoms with Crippen molar-refractivity contribution < 1.29 is 19.4 Å². The molecule has 1 saturated heterocycles. The Bertz CT molecular complexity index is 791. The molecule has 0 radical (unpaired) electrons. The summed E-state index contributed by atoms with van der Waals surface area (Å²) in [4.78, 5) is 32.3. The van der Waals surface area contributed by atoms with Gasteiger partial charge in [0.05, 0.1) is 6.54 Å². The zero-order valence-electron chi connectivity index (χ0n) is 16.5. The van der Waals surface area contributed by atoms with Crippen molar-refractivity contribution >= 4 is 40.5 Å². The Labute approximate surface area is 179 Å². The molecule has 1 fully saturated rings. The molecule has 158 valence electrons. The van der Waals surface area contributed by atoms with E-state index in [1.165, 1.54) is 16.7 Å². The van der Waals surface area contributed by atoms with E-state index in [0.29, 0.717) is 15.9 Å². The summed E-state index contributed by atoms with van der Waals surface area (Å²) in [7, 11) is 1.61. The zero-order valence-corrected chi connectivity index (χ0v) is 18.1. The molecule has 0 saturated carbocycles. The highest BCUT2D eigenvalue weighted by Crippen LogP contribution is 2.31. The number of urea groups is 1. The number of aliphatic hydroxyl groups excluding tert-OH is 1. The maximum Gasteiger partial charge on any atom is 0.325 e. The van der Waals surface area contributed by atoms with Gasteiger partial charge in [0.1, 0.15) is 18.5 Å². The smallest absolute Gasteiger partial charge is 0.325 e. The highest BCUT2D eigenvalue weighted by Gasteiger charge is 2.49. The minimum atomic E-state index is -0.858. The number of amidine groups is 1. The van der Waals surface area contributed by atoms with Crippen LogP contribution in [0.1, 0.15) is 20.3 Å². The number of amides is 3. The lowest BCUT2D eigenvalue weighted by atomic mass is 10.1. The van der Waals surface area contributed by atoms with Gasteiger partial charge in [0, 0.05) is 17.3 Å². The average molecular weight is 441 g/mol. The van der Waals surface area contributed by atoms with Crippen LogP contribution in [-0.2, 0) is 4.79 Å². The summed E-state index contributed by atoms with van der Waals surface area (Å²) in [5.41, 5.74) is 0. The fourth-order valence-corrected chi connectivity index (χ4v) is 4.20. The first-order valence-corrected chi connectivity index (χ1v) is 10.7. The van der Waals surface area contributed by atoms with Crippen molar-refractivity contribution in [3.8, 4) is 5.75 Å². The summed E-state index contributed by atoms with van der Waals surface area (Å²) >= 11 is 7.40. The molecular weight excluding hydrogens is 416 g/mol. The predicted molar refractivity (Wildman–Crippen MR) is 113 cm³/mol. The molecule has 2 N–H and O–H groups in total. The van der Waals surface area contributed by atoms with Gasteiger partial charge in [-0.3, -0.25) is 10.1 Å². The fraction of sp³-hybridized carbons (Fsp3) is 0.526. The van der Waals surface area contributed by atoms with Crippen LogP contribution in [0.4, 0.5) is 4.79 Å². The predicted octanol–water partition coefficient (Wildman–Crippen LogP) is 2.16. The minimum absolute atomic E-state index is 0.0488. The standard InChI is InChI=1S/C19H25ClN4O4S/c1-4-11(2)29-19-21-16-15(17(26)22-18(27)23(16)3)24(19)9-13(25)10-28-14-7-5-12(20)6-8-14/h5-8,11,13,15-16,25H,4,9-10H2,1-3H3,(H,22,26,27). The van der Waals surface area contributed by atoms with Crippen molar-refractivity contribution in [3.63, 3.8) is 0 Å². The number of β-amino-alcohol motifs (C(OH)–C–C–N with tert-alkyl or cyclic N) is 1. The maximum atomic E-state index is 12.5. The van der Waals surface area contributed by atoms with Crippen LogP contribution in [0.15, 0.2) is 29.3 Å². The molecule has 10 heteroatoms. The Kier molecular flexibility index (Phi) is 6.92. The Morgan fingerprint density at radius 3 is 2.69 bits per heavy atom. The largest absolute Gasteiger partial charge is 0.491 e. The molecule has 2 aliphatic rings. The second kappa shape index (κ2) is 9.23. The van der Waals surface area contributed by atoms with Gasteiger partial charge in [-0.1, -0.05) is 37.2 Å². The molecule has 1 aromatic rings. The van der Waals surface area contributed by atoms with Gasteiger partial charge in [0.15, 0.2) is 17.4 Å². The number of imide groups is 1. The minimum Gasteiger partial charge on any atom is -0.491 e. The Hall–Kier alpha value is -1.97. The number of aliphatic imine (C=N–C) groups is 1. The van der Waals surface area contributed by atoms with Crippen LogP contribution in [0.25, 0.3) is 0 Å². The third kappa shape index (κ3) is 4.96. The van der Waals surface area contributed by atoms with Crippen molar-refractivity contribution in [2.75, 3.05) is 20.2 Å². The maximum absolute atomic E-state index is 12.5. The van der Waals surface area contributed by atoms with Gasteiger partial charge in [-0.2, -0.15) is 0 Å². The molecular formula is C19H25ClN4O4S. The fourth-order valence-electron chi connectivity index (χ4n) is 3.06. The number of carbonyl (C=O) groups excluding carboxylic acids is 2. The van der Waals surface area contributed by atoms with Crippen LogP contribution in [0.3, 0.4) is 0 Å². The number of nitrogens with zero attached hydrogens (tertiary/aromatic N) is 3. The number of thioether (sulfide) groups is 1. The third-order valence-electron chi connectivity index (χ3n) is 4.87. The number of carbonyl (C=O) groups is 2. The number of likely N-dealkylation sites (N-methyl/N-ethyl adjacent to an activating group) is 1. The van der Waals surface area contributed by atoms with Gasteiger partial charge in [-0.25, -0.2) is 9.79 Å². The van der Waals surface area contributed by atoms with E-state index in [1.807, 2.05) is 0 Å². The first-order chi connectivity index (χ1) is 13.8. The van der Waals surface area contributed by atoms with E-state index in [0.717, 1.165) is 6.42 Å². The molecule has 8 nitrogen and oxygen atoms in total. The molecule has 3 rings (SSSR count). The van der Waals surface area contributed by atoms with E-state index in [1.54, 1.807) is 36.2 Å². The van der Waals surface area contributed by atoms with Gasteiger partial charge >= 0.3 is 6.03 Å². The lowest BCUT2D eigenvalue weighted by Gasteiger charge is -2.37. The highest BCUT2D eigenvalue weighted by atomic mass is 35.5. The number of nitrogens with one attached hydrogen (secondary N) is 1. The molecule has 0 bridgehead atoms. The van der Waals surface area contributed by atoms with Crippen molar-refractivity contribution in [1.29, 1.82) is 0 Å². The van der Waals surface area contributed by atoms with Crippen LogP contribution in [0.2, 0.25) is 5.02 Å². The lowest BCUT2D eigenvalue weighted by molar-refractivity contribution is -0.127. The summed E-state index contributed by atoms with van der Waals surface area (Å²) in [5.74, 6) is 0.184. The van der Waals surface area contributed by atoms with Gasteiger partial charge in [0.2, 0.25) is 0 Å². The van der Waals surface area contributed by atoms with Crippen molar-refractivity contribution in [1.82, 2.24) is 15.1 Å². The topological polar surface area (TPSA) is 94.5 Å². The van der Waals surface area contributed by atoms with E-state index in [9.17, 15) is 14.7 Å². The number of rotatable bonds is 7. The quantitative estimate of drug-likeness (QED) is 0.674. The summed E-state index contributed by atoms with van der Waals surface area (Å²) < 4.78 is 5.62. The zero-order chi connectivity index (χ0) is 21.1. The second-order valence-electron chi connectivity index (χ2n) is 7.08. The molecule has 0 aliphatic carbocycles. The molecule has 29 heavy (non-hydrogen) atoms. The number of benzene rings is 1. The SMILES string of the molecule is CCC(C)SC1=NC2C(C(=O)NC(=O)N2C)N1CC(O)COc1ccc(Cl)cc1. The van der Waals surface area contributed by atoms with Gasteiger partial charge in [-0.15, -0.1) is 0 Å². The van der Waals surface area contributed by atoms with E-state index in [-0.39, 0.29) is 18.4 Å². The number of aliphatic hydroxyl groups is 1. The van der Waals surface area contributed by atoms with Gasteiger partial charge < -0.3 is 19.6 Å². The number of hydrogen-bond acceptors (Lipinski definition) is 7. The highest BCUT2D eigenvalue weighted by molar-refractivity contribution is 8.14. The Morgan fingerprint density at radius 1 is 1.34 bits per heavy atom. The summed E-state index contributed by atoms with van der Waals surface area (Å²) in [6.45, 7) is 4.35. The molecule has 3 amide bonds. The number of fused-ring (bicyclic) bond motifs is 1. The van der Waals surface area contributed by atoms with Crippen molar-refractivity contribution in [3.05, 3.63) is 29.3 Å². The van der Waals surface area contributed by atoms with Gasteiger partial charge in [0.25, 0.3) is 5.91 Å². The summed E-state index contributed by atoms with van der Waals surface area (Å²) in [5, 5.41) is 14.4. The molecule has 0 aromatic heterocycles. The summed E-state index contributed by atoms with van der Waals surface area (Å²) in [6.07, 6.45) is -0.536. The van der Waals surface area contributed by atoms with E-state index < -0.39 is 30.2 Å². The van der Waals surface area contributed by atoms with Crippen molar-refractivity contribution in [2.45, 2.75) is 43.8 Å². The first-order valence-electron chi connectivity index (χ1n) is 9.45. The molecule has 4 unspecified atom stereocenters. The third-order valence-corrected chi connectivity index (χ3v) is 6.41. The molecule has 2 aliphatic heterocycles. The first kappa shape index (κ1) is 21.7. The monoisotopic (exact) mass is 440 g/mol. The van der Waals surface area contributed by atoms with Crippen LogP contribution in [0.5, 0.6) is 5.75 Å². The second-order valence-corrected chi connectivity index (χ2v) is 8.93. The molecule has 2 heterocycles. The van der Waals surface area contributed by atoms with Crippen LogP contribution >= 0.6 is 23.4 Å². The lowest BCUT2D eigenvalue weighted by Crippen LogP contribution is -2.64. The Balaban J connectivity index is 1.71. The molecule has 1 aromatic carbocycles. The van der Waals surface area contributed by atoms with Crippen LogP contribution in [-0.4, -0.2) is 75.8 Å². The van der Waals surface area contributed by atoms with Crippen LogP contribution in [0, 0.1) is 0 Å². The van der Waals surface area contributed by atoms with E-state index >= 15 is 0 Å². The number of halogens is 1. The summed E-state index contributed by atoms with van der Waals surface area (Å²) in [6, 6.07) is 5.72. The van der Waals surface area contributed by atoms with E-state index in [4.69, 9.17) is 16.3 Å². The molecule has 4 atom stereocenters. The normalized spacial score (nSPS) is 23.4. The molecule has 0 spiro atoms. The average Bonchev–Trinajstić information content (AvgIpc) is 3.04.